The highest BCUT2D eigenvalue weighted by Gasteiger charge is 2.39. The van der Waals surface area contributed by atoms with Crippen molar-refractivity contribution in [3.63, 3.8) is 0 Å². The van der Waals surface area contributed by atoms with Crippen LogP contribution in [0.2, 0.25) is 0 Å². The van der Waals surface area contributed by atoms with Crippen LogP contribution in [-0.4, -0.2) is 82.4 Å². The Morgan fingerprint density at radius 3 is 2.48 bits per heavy atom. The maximum Gasteiger partial charge on any atom is 0.433 e. The van der Waals surface area contributed by atoms with Gasteiger partial charge in [0.2, 0.25) is 11.9 Å². The Hall–Kier alpha value is -5.54. The molecule has 2 aromatic heterocycles. The molecule has 2 aliphatic rings. The third-order valence-corrected chi connectivity index (χ3v) is 7.30. The number of alkyl halides is 3. The molecule has 1 saturated heterocycles. The number of halogens is 3. The van der Waals surface area contributed by atoms with Crippen molar-refractivity contribution in [1.29, 1.82) is 0 Å². The summed E-state index contributed by atoms with van der Waals surface area (Å²) in [7, 11) is 1.51. The summed E-state index contributed by atoms with van der Waals surface area (Å²) in [4.78, 5) is 41.5. The fourth-order valence-electron chi connectivity index (χ4n) is 4.97. The number of ether oxygens (including phenoxy) is 4. The molecule has 2 aliphatic heterocycles. The number of nitrogens with zero attached hydrogens (tertiary/aromatic N) is 6. The molecule has 1 N–H and O–H groups in total. The van der Waals surface area contributed by atoms with Crippen molar-refractivity contribution in [2.24, 2.45) is 0 Å². The Bertz CT molecular complexity index is 1700. The van der Waals surface area contributed by atoms with Gasteiger partial charge in [0.1, 0.15) is 42.9 Å². The maximum absolute atomic E-state index is 14.0. The zero-order valence-corrected chi connectivity index (χ0v) is 24.4. The van der Waals surface area contributed by atoms with Crippen LogP contribution in [-0.2, 0) is 17.5 Å². The van der Waals surface area contributed by atoms with Crippen molar-refractivity contribution in [2.45, 2.75) is 18.8 Å². The Balaban J connectivity index is 1.27. The van der Waals surface area contributed by atoms with Crippen molar-refractivity contribution in [3.8, 4) is 28.9 Å². The van der Waals surface area contributed by atoms with Gasteiger partial charge in [-0.05, 0) is 42.0 Å². The van der Waals surface area contributed by atoms with Gasteiger partial charge in [0.25, 0.3) is 0 Å². The Morgan fingerprint density at radius 2 is 1.76 bits per heavy atom. The van der Waals surface area contributed by atoms with Gasteiger partial charge in [-0.1, -0.05) is 6.07 Å². The van der Waals surface area contributed by atoms with E-state index in [9.17, 15) is 22.8 Å². The number of anilines is 1. The highest BCUT2D eigenvalue weighted by molar-refractivity contribution is 5.86. The first-order valence-electron chi connectivity index (χ1n) is 14.2. The average molecular weight is 640 g/mol. The van der Waals surface area contributed by atoms with E-state index in [0.29, 0.717) is 36.0 Å². The van der Waals surface area contributed by atoms with Crippen molar-refractivity contribution < 1.29 is 41.7 Å². The van der Waals surface area contributed by atoms with Crippen molar-refractivity contribution in [3.05, 3.63) is 78.5 Å². The molecule has 2 amide bonds. The number of aromatic nitrogens is 4. The normalized spacial score (nSPS) is 16.1. The second-order valence-corrected chi connectivity index (χ2v) is 10.3. The van der Waals surface area contributed by atoms with Gasteiger partial charge in [0.15, 0.2) is 17.2 Å². The highest BCUT2D eigenvalue weighted by atomic mass is 19.4. The van der Waals surface area contributed by atoms with E-state index in [1.54, 1.807) is 42.5 Å². The topological polar surface area (TPSA) is 133 Å². The molecule has 1 fully saturated rings. The lowest BCUT2D eigenvalue weighted by molar-refractivity contribution is -0.141. The summed E-state index contributed by atoms with van der Waals surface area (Å²) in [5, 5.41) is 2.83. The van der Waals surface area contributed by atoms with Gasteiger partial charge >= 0.3 is 12.3 Å². The van der Waals surface area contributed by atoms with E-state index in [1.807, 2.05) is 0 Å². The lowest BCUT2D eigenvalue weighted by Crippen LogP contribution is -2.61. The van der Waals surface area contributed by atoms with Crippen LogP contribution in [0.4, 0.5) is 23.8 Å². The number of carbonyl (C=O) groups excluding carboxylic acids is 2. The third-order valence-electron chi connectivity index (χ3n) is 7.30. The molecule has 0 spiro atoms. The lowest BCUT2D eigenvalue weighted by atomic mass is 10.1. The van der Waals surface area contributed by atoms with Crippen LogP contribution in [0.3, 0.4) is 0 Å². The van der Waals surface area contributed by atoms with Gasteiger partial charge in [-0.2, -0.15) is 18.2 Å². The lowest BCUT2D eigenvalue weighted by Gasteiger charge is -2.40. The number of fused-ring (bicyclic) bond motifs is 1. The summed E-state index contributed by atoms with van der Waals surface area (Å²) >= 11 is 0. The van der Waals surface area contributed by atoms with Crippen LogP contribution in [0.1, 0.15) is 11.3 Å². The number of hydrogen-bond acceptors (Lipinski definition) is 10. The fraction of sp³-hybridized carbons (Fsp3) is 0.300. The zero-order chi connectivity index (χ0) is 32.3. The first-order valence-corrected chi connectivity index (χ1v) is 14.2. The summed E-state index contributed by atoms with van der Waals surface area (Å²) < 4.78 is 64.9. The molecule has 0 radical (unpaired) electrons. The number of hydrogen-bond donors (Lipinski definition) is 1. The fourth-order valence-corrected chi connectivity index (χ4v) is 4.97. The molecule has 4 heterocycles. The van der Waals surface area contributed by atoms with E-state index in [4.69, 9.17) is 18.9 Å². The number of rotatable bonds is 7. The molecular formula is C30H28F3N7O6. The van der Waals surface area contributed by atoms with Gasteiger partial charge < -0.3 is 34.1 Å². The summed E-state index contributed by atoms with van der Waals surface area (Å²) in [5.41, 5.74) is -0.488. The molecular weight excluding hydrogens is 611 g/mol. The molecule has 1 atom stereocenters. The van der Waals surface area contributed by atoms with Crippen molar-refractivity contribution in [1.82, 2.24) is 29.7 Å². The molecule has 6 rings (SSSR count). The van der Waals surface area contributed by atoms with E-state index >= 15 is 0 Å². The van der Waals surface area contributed by atoms with Crippen LogP contribution < -0.4 is 29.2 Å². The molecule has 4 aromatic rings. The molecule has 16 heteroatoms. The quantitative estimate of drug-likeness (QED) is 0.321. The van der Waals surface area contributed by atoms with Crippen LogP contribution in [0.25, 0.3) is 5.95 Å². The third kappa shape index (κ3) is 6.74. The number of methoxy groups -OCH3 is 1. The number of carbonyl (C=O) groups is 2. The molecule has 46 heavy (non-hydrogen) atoms. The minimum absolute atomic E-state index is 0.0303. The molecule has 0 aliphatic carbocycles. The molecule has 0 saturated carbocycles. The Kier molecular flexibility index (Phi) is 8.50. The second-order valence-electron chi connectivity index (χ2n) is 10.3. The maximum atomic E-state index is 14.0. The van der Waals surface area contributed by atoms with Gasteiger partial charge in [-0.15, -0.1) is 0 Å². The summed E-state index contributed by atoms with van der Waals surface area (Å²) in [5.74, 6) is 0.979. The van der Waals surface area contributed by atoms with E-state index in [1.165, 1.54) is 40.2 Å². The predicted molar refractivity (Wildman–Crippen MR) is 155 cm³/mol. The van der Waals surface area contributed by atoms with E-state index < -0.39 is 29.9 Å². The Labute approximate surface area is 260 Å². The summed E-state index contributed by atoms with van der Waals surface area (Å²) in [6.07, 6.45) is -1.47. The first-order chi connectivity index (χ1) is 22.2. The monoisotopic (exact) mass is 639 g/mol. The SMILES string of the molecule is COc1ccc(OC(=O)N2CCN(c3cc(C(F)(F)F)nc(-n4ccnc4)n3)C(C(=O)NCc3ccc4c(c3)OCCO4)C2)cc1. The predicted octanol–water partition coefficient (Wildman–Crippen LogP) is 3.47. The molecule has 13 nitrogen and oxygen atoms in total. The molecule has 2 aromatic carbocycles. The number of piperazine rings is 1. The minimum Gasteiger partial charge on any atom is -0.497 e. The Morgan fingerprint density at radius 1 is 1.00 bits per heavy atom. The standard InChI is InChI=1S/C30H28F3N7O6/c1-43-20-3-5-21(6-4-20)46-29(42)38-10-11-40(26-15-25(30(31,32)33)36-28(37-26)39-9-8-34-18-39)22(17-38)27(41)35-16-19-2-7-23-24(14-19)45-13-12-44-23/h2-9,14-15,18,22H,10-13,16-17H2,1H3,(H,35,41). The number of benzene rings is 2. The first kappa shape index (κ1) is 30.5. The van der Waals surface area contributed by atoms with Gasteiger partial charge in [0.05, 0.1) is 13.7 Å². The van der Waals surface area contributed by atoms with Gasteiger partial charge in [-0.3, -0.25) is 9.36 Å². The van der Waals surface area contributed by atoms with Gasteiger partial charge in [-0.25, -0.2) is 14.8 Å². The van der Waals surface area contributed by atoms with Crippen molar-refractivity contribution in [2.75, 3.05) is 44.9 Å². The van der Waals surface area contributed by atoms with Crippen LogP contribution in [0.15, 0.2) is 67.3 Å². The number of amides is 2. The van der Waals surface area contributed by atoms with Crippen LogP contribution >= 0.6 is 0 Å². The van der Waals surface area contributed by atoms with Crippen LogP contribution in [0.5, 0.6) is 23.0 Å². The summed E-state index contributed by atoms with van der Waals surface area (Å²) in [6, 6.07) is 11.2. The van der Waals surface area contributed by atoms with E-state index in [-0.39, 0.29) is 43.7 Å². The number of nitrogens with one attached hydrogen (secondary N) is 1. The largest absolute Gasteiger partial charge is 0.497 e. The van der Waals surface area contributed by atoms with Crippen LogP contribution in [0, 0.1) is 0 Å². The van der Waals surface area contributed by atoms with Gasteiger partial charge in [0, 0.05) is 38.1 Å². The van der Waals surface area contributed by atoms with E-state index in [2.05, 4.69) is 20.3 Å². The number of imidazole rings is 1. The second kappa shape index (κ2) is 12.8. The zero-order valence-electron chi connectivity index (χ0n) is 24.4. The molecule has 1 unspecified atom stereocenters. The summed E-state index contributed by atoms with van der Waals surface area (Å²) in [6.45, 7) is 0.702. The minimum atomic E-state index is -4.80. The van der Waals surface area contributed by atoms with Crippen molar-refractivity contribution >= 4 is 17.8 Å². The smallest absolute Gasteiger partial charge is 0.433 e. The highest BCUT2D eigenvalue weighted by Crippen LogP contribution is 2.33. The molecule has 0 bridgehead atoms. The molecule has 240 valence electrons. The average Bonchev–Trinajstić information content (AvgIpc) is 3.62. The van der Waals surface area contributed by atoms with E-state index in [0.717, 1.165) is 6.07 Å².